The van der Waals surface area contributed by atoms with Crippen LogP contribution in [0.5, 0.6) is 5.75 Å². The largest absolute Gasteiger partial charge is 0.489 e. The number of hydrogen-bond acceptors (Lipinski definition) is 2. The van der Waals surface area contributed by atoms with Crippen LogP contribution in [-0.4, -0.2) is 12.6 Å². The molecule has 2 heteroatoms. The van der Waals surface area contributed by atoms with Crippen molar-refractivity contribution >= 4 is 0 Å². The lowest BCUT2D eigenvalue weighted by Gasteiger charge is -2.18. The van der Waals surface area contributed by atoms with Crippen LogP contribution in [0.25, 0.3) is 0 Å². The van der Waals surface area contributed by atoms with Gasteiger partial charge in [0.15, 0.2) is 0 Å². The molecule has 1 unspecified atom stereocenters. The summed E-state index contributed by atoms with van der Waals surface area (Å²) in [6.45, 7) is 8.96. The number of ether oxygens (including phenoxy) is 1. The predicted molar refractivity (Wildman–Crippen MR) is 64.4 cm³/mol. The van der Waals surface area contributed by atoms with E-state index in [1.165, 1.54) is 11.1 Å². The van der Waals surface area contributed by atoms with Crippen molar-refractivity contribution in [2.45, 2.75) is 39.7 Å². The van der Waals surface area contributed by atoms with E-state index in [0.717, 1.165) is 5.75 Å². The Morgan fingerprint density at radius 2 is 1.93 bits per heavy atom. The van der Waals surface area contributed by atoms with Gasteiger partial charge in [-0.15, -0.1) is 0 Å². The van der Waals surface area contributed by atoms with Crippen LogP contribution >= 0.6 is 0 Å². The first-order valence-electron chi connectivity index (χ1n) is 5.52. The Kier molecular flexibility index (Phi) is 4.15. The van der Waals surface area contributed by atoms with Gasteiger partial charge in [-0.25, -0.2) is 0 Å². The molecule has 0 fully saturated rings. The molecular weight excluding hydrogens is 186 g/mol. The Balaban J connectivity index is 2.96. The van der Waals surface area contributed by atoms with E-state index in [-0.39, 0.29) is 6.10 Å². The van der Waals surface area contributed by atoms with Crippen LogP contribution in [0.1, 0.15) is 37.8 Å². The third kappa shape index (κ3) is 3.24. The summed E-state index contributed by atoms with van der Waals surface area (Å²) in [5.41, 5.74) is 8.03. The number of hydrogen-bond donors (Lipinski definition) is 1. The summed E-state index contributed by atoms with van der Waals surface area (Å²) in [6.07, 6.45) is 0.0734. The zero-order chi connectivity index (χ0) is 11.4. The molecular formula is C13H21NO. The first-order valence-corrected chi connectivity index (χ1v) is 5.52. The quantitative estimate of drug-likeness (QED) is 0.824. The maximum Gasteiger partial charge on any atom is 0.123 e. The van der Waals surface area contributed by atoms with E-state index in [2.05, 4.69) is 39.0 Å². The van der Waals surface area contributed by atoms with Gasteiger partial charge in [0.05, 0.1) is 0 Å². The van der Waals surface area contributed by atoms with Crippen molar-refractivity contribution in [3.63, 3.8) is 0 Å². The van der Waals surface area contributed by atoms with Gasteiger partial charge < -0.3 is 10.5 Å². The second-order valence-electron chi connectivity index (χ2n) is 4.36. The van der Waals surface area contributed by atoms with Crippen molar-refractivity contribution in [3.05, 3.63) is 29.3 Å². The van der Waals surface area contributed by atoms with Gasteiger partial charge in [0.2, 0.25) is 0 Å². The van der Waals surface area contributed by atoms with Gasteiger partial charge in [-0.1, -0.05) is 26.0 Å². The summed E-state index contributed by atoms with van der Waals surface area (Å²) in [5, 5.41) is 0. The molecule has 1 aromatic rings. The smallest absolute Gasteiger partial charge is 0.123 e. The average Bonchev–Trinajstić information content (AvgIpc) is 2.17. The van der Waals surface area contributed by atoms with Crippen LogP contribution in [0.2, 0.25) is 0 Å². The lowest BCUT2D eigenvalue weighted by atomic mass is 10.0. The Hall–Kier alpha value is -1.02. The molecule has 15 heavy (non-hydrogen) atoms. The fourth-order valence-electron chi connectivity index (χ4n) is 1.49. The van der Waals surface area contributed by atoms with Crippen molar-refractivity contribution in [2.75, 3.05) is 6.54 Å². The van der Waals surface area contributed by atoms with Crippen molar-refractivity contribution < 1.29 is 4.74 Å². The minimum atomic E-state index is 0.0734. The van der Waals surface area contributed by atoms with Crippen LogP contribution in [0.3, 0.4) is 0 Å². The molecule has 0 aliphatic rings. The van der Waals surface area contributed by atoms with Crippen LogP contribution in [-0.2, 0) is 0 Å². The second kappa shape index (κ2) is 5.17. The Morgan fingerprint density at radius 3 is 2.47 bits per heavy atom. The van der Waals surface area contributed by atoms with Gasteiger partial charge in [-0.2, -0.15) is 0 Å². The predicted octanol–water partition coefficient (Wildman–Crippen LogP) is 2.84. The Morgan fingerprint density at radius 1 is 1.27 bits per heavy atom. The zero-order valence-corrected chi connectivity index (χ0v) is 10.1. The lowest BCUT2D eigenvalue weighted by molar-refractivity contribution is 0.227. The minimum absolute atomic E-state index is 0.0734. The molecule has 0 saturated heterocycles. The molecule has 2 nitrogen and oxygen atoms in total. The molecule has 0 aromatic heterocycles. The number of aryl methyl sites for hydroxylation is 1. The summed E-state index contributed by atoms with van der Waals surface area (Å²) in [7, 11) is 0. The highest BCUT2D eigenvalue weighted by Gasteiger charge is 2.10. The fraction of sp³-hybridized carbons (Fsp3) is 0.538. The zero-order valence-electron chi connectivity index (χ0n) is 10.1. The molecule has 1 aromatic carbocycles. The molecule has 2 N–H and O–H groups in total. The van der Waals surface area contributed by atoms with Gasteiger partial charge in [0, 0.05) is 6.54 Å². The van der Waals surface area contributed by atoms with Crippen LogP contribution in [0.4, 0.5) is 0 Å². The van der Waals surface area contributed by atoms with Gasteiger partial charge in [-0.3, -0.25) is 0 Å². The molecule has 0 heterocycles. The van der Waals surface area contributed by atoms with Crippen LogP contribution < -0.4 is 10.5 Å². The molecule has 1 rings (SSSR count). The second-order valence-corrected chi connectivity index (χ2v) is 4.36. The summed E-state index contributed by atoms with van der Waals surface area (Å²) in [4.78, 5) is 0. The molecule has 0 bridgehead atoms. The average molecular weight is 207 g/mol. The van der Waals surface area contributed by atoms with Crippen molar-refractivity contribution in [2.24, 2.45) is 5.73 Å². The fourth-order valence-corrected chi connectivity index (χ4v) is 1.49. The molecule has 0 radical (unpaired) electrons. The summed E-state index contributed by atoms with van der Waals surface area (Å²) in [5.74, 6) is 1.45. The summed E-state index contributed by atoms with van der Waals surface area (Å²) in [6, 6.07) is 6.34. The molecule has 0 spiro atoms. The molecule has 0 aliphatic carbocycles. The third-order valence-electron chi connectivity index (χ3n) is 2.45. The highest BCUT2D eigenvalue weighted by molar-refractivity contribution is 5.39. The van der Waals surface area contributed by atoms with Crippen LogP contribution in [0.15, 0.2) is 18.2 Å². The molecule has 0 aliphatic heterocycles. The summed E-state index contributed by atoms with van der Waals surface area (Å²) < 4.78 is 5.81. The summed E-state index contributed by atoms with van der Waals surface area (Å²) >= 11 is 0. The van der Waals surface area contributed by atoms with Crippen molar-refractivity contribution in [1.29, 1.82) is 0 Å². The van der Waals surface area contributed by atoms with E-state index < -0.39 is 0 Å². The van der Waals surface area contributed by atoms with E-state index in [0.29, 0.717) is 12.5 Å². The molecule has 84 valence electrons. The minimum Gasteiger partial charge on any atom is -0.489 e. The number of benzene rings is 1. The molecule has 1 atom stereocenters. The highest BCUT2D eigenvalue weighted by Crippen LogP contribution is 2.28. The normalized spacial score (nSPS) is 12.9. The van der Waals surface area contributed by atoms with E-state index in [9.17, 15) is 0 Å². The SMILES string of the molecule is Cc1ccc(C(C)C)c(OC(C)CN)c1. The monoisotopic (exact) mass is 207 g/mol. The van der Waals surface area contributed by atoms with Crippen molar-refractivity contribution in [3.8, 4) is 5.75 Å². The van der Waals surface area contributed by atoms with Gasteiger partial charge in [0.1, 0.15) is 11.9 Å². The maximum absolute atomic E-state index is 5.81. The van der Waals surface area contributed by atoms with Crippen LogP contribution in [0, 0.1) is 6.92 Å². The third-order valence-corrected chi connectivity index (χ3v) is 2.45. The molecule has 0 saturated carbocycles. The number of rotatable bonds is 4. The Bertz CT molecular complexity index is 320. The Labute approximate surface area is 92.4 Å². The van der Waals surface area contributed by atoms with E-state index in [1.54, 1.807) is 0 Å². The van der Waals surface area contributed by atoms with Crippen molar-refractivity contribution in [1.82, 2.24) is 0 Å². The van der Waals surface area contributed by atoms with E-state index in [4.69, 9.17) is 10.5 Å². The van der Waals surface area contributed by atoms with Gasteiger partial charge in [0.25, 0.3) is 0 Å². The van der Waals surface area contributed by atoms with Gasteiger partial charge in [-0.05, 0) is 37.0 Å². The highest BCUT2D eigenvalue weighted by atomic mass is 16.5. The topological polar surface area (TPSA) is 35.2 Å². The van der Waals surface area contributed by atoms with E-state index in [1.807, 2.05) is 6.92 Å². The molecule has 0 amide bonds. The lowest BCUT2D eigenvalue weighted by Crippen LogP contribution is -2.23. The standard InChI is InChI=1S/C13H21NO/c1-9(2)12-6-5-10(3)7-13(12)15-11(4)8-14/h5-7,9,11H,8,14H2,1-4H3. The first kappa shape index (κ1) is 12.1. The van der Waals surface area contributed by atoms with Gasteiger partial charge >= 0.3 is 0 Å². The maximum atomic E-state index is 5.81. The van der Waals surface area contributed by atoms with E-state index >= 15 is 0 Å². The first-order chi connectivity index (χ1) is 7.04. The number of nitrogens with two attached hydrogens (primary N) is 1.